The zero-order chi connectivity index (χ0) is 10.3. The summed E-state index contributed by atoms with van der Waals surface area (Å²) in [5, 5.41) is 3.72. The maximum atomic E-state index is 12.4. The minimum Gasteiger partial charge on any atom is -0.221 e. The van der Waals surface area contributed by atoms with Gasteiger partial charge in [0.05, 0.1) is 0 Å². The molecule has 0 bridgehead atoms. The second-order valence-electron chi connectivity index (χ2n) is 2.54. The van der Waals surface area contributed by atoms with Crippen molar-refractivity contribution in [2.24, 2.45) is 0 Å². The Bertz CT molecular complexity index is 476. The van der Waals surface area contributed by atoms with Crippen molar-refractivity contribution in [2.75, 3.05) is 0 Å². The van der Waals surface area contributed by atoms with Crippen LogP contribution >= 0.6 is 15.9 Å². The molecule has 2 heterocycles. The predicted molar refractivity (Wildman–Crippen MR) is 45.7 cm³/mol. The second-order valence-corrected chi connectivity index (χ2v) is 3.29. The molecule has 0 saturated heterocycles. The molecule has 2 aromatic rings. The largest absolute Gasteiger partial charge is 0.436 e. The zero-order valence-electron chi connectivity index (χ0n) is 6.59. The lowest BCUT2D eigenvalue weighted by Gasteiger charge is -2.01. The second kappa shape index (κ2) is 2.94. The molecule has 0 spiro atoms. The Hall–Kier alpha value is -1.11. The van der Waals surface area contributed by atoms with Crippen molar-refractivity contribution in [2.45, 2.75) is 6.18 Å². The molecule has 0 atom stereocenters. The van der Waals surface area contributed by atoms with Gasteiger partial charge in [-0.05, 0) is 28.1 Å². The highest BCUT2D eigenvalue weighted by atomic mass is 79.9. The van der Waals surface area contributed by atoms with E-state index in [1.165, 1.54) is 18.3 Å². The molecule has 0 radical (unpaired) electrons. The summed E-state index contributed by atoms with van der Waals surface area (Å²) in [5.41, 5.74) is -0.803. The number of alkyl halides is 3. The number of rotatable bonds is 0. The van der Waals surface area contributed by atoms with Crippen LogP contribution in [0.3, 0.4) is 0 Å². The van der Waals surface area contributed by atoms with Crippen molar-refractivity contribution in [1.82, 2.24) is 14.6 Å². The van der Waals surface area contributed by atoms with E-state index in [4.69, 9.17) is 0 Å². The van der Waals surface area contributed by atoms with Crippen LogP contribution in [0.15, 0.2) is 22.9 Å². The van der Waals surface area contributed by atoms with Crippen LogP contribution in [-0.4, -0.2) is 14.6 Å². The lowest BCUT2D eigenvalue weighted by atomic mass is 10.5. The van der Waals surface area contributed by atoms with Crippen LogP contribution in [0.25, 0.3) is 5.65 Å². The summed E-state index contributed by atoms with van der Waals surface area (Å²) >= 11 is 2.81. The number of fused-ring (bicyclic) bond motifs is 1. The van der Waals surface area contributed by atoms with Gasteiger partial charge < -0.3 is 0 Å². The van der Waals surface area contributed by atoms with Crippen molar-refractivity contribution in [3.63, 3.8) is 0 Å². The lowest BCUT2D eigenvalue weighted by molar-refractivity contribution is -0.141. The smallest absolute Gasteiger partial charge is 0.221 e. The fraction of sp³-hybridized carbons (Fsp3) is 0.143. The van der Waals surface area contributed by atoms with Gasteiger partial charge in [-0.15, -0.1) is 0 Å². The first-order chi connectivity index (χ1) is 6.50. The molecule has 0 aliphatic heterocycles. The van der Waals surface area contributed by atoms with Gasteiger partial charge in [0.15, 0.2) is 11.3 Å². The molecule has 3 nitrogen and oxygen atoms in total. The van der Waals surface area contributed by atoms with E-state index < -0.39 is 11.9 Å². The third-order valence-corrected chi connectivity index (χ3v) is 2.32. The van der Waals surface area contributed by atoms with Crippen molar-refractivity contribution in [3.05, 3.63) is 28.6 Å². The monoisotopic (exact) mass is 265 g/mol. The Morgan fingerprint density at radius 2 is 2.07 bits per heavy atom. The van der Waals surface area contributed by atoms with Crippen molar-refractivity contribution < 1.29 is 13.2 Å². The van der Waals surface area contributed by atoms with Gasteiger partial charge in [0.2, 0.25) is 0 Å². The number of aromatic nitrogens is 3. The standard InChI is InChI=1S/C7H3BrF3N3/c8-6-5(7(9,10)11)13-4-2-1-3-12-14(4)6/h1-3H. The van der Waals surface area contributed by atoms with E-state index in [-0.39, 0.29) is 10.3 Å². The van der Waals surface area contributed by atoms with Crippen LogP contribution in [0.1, 0.15) is 5.69 Å². The van der Waals surface area contributed by atoms with E-state index in [0.717, 1.165) is 4.52 Å². The fourth-order valence-corrected chi connectivity index (χ4v) is 1.63. The molecule has 0 amide bonds. The van der Waals surface area contributed by atoms with Crippen LogP contribution in [0, 0.1) is 0 Å². The molecule has 0 aromatic carbocycles. The van der Waals surface area contributed by atoms with Crippen LogP contribution < -0.4 is 0 Å². The fourth-order valence-electron chi connectivity index (χ4n) is 1.04. The van der Waals surface area contributed by atoms with Crippen molar-refractivity contribution >= 4 is 21.6 Å². The number of hydrogen-bond donors (Lipinski definition) is 0. The first kappa shape index (κ1) is 9.45. The highest BCUT2D eigenvalue weighted by Gasteiger charge is 2.37. The van der Waals surface area contributed by atoms with Gasteiger partial charge >= 0.3 is 6.18 Å². The Morgan fingerprint density at radius 3 is 2.64 bits per heavy atom. The predicted octanol–water partition coefficient (Wildman–Crippen LogP) is 2.51. The average molecular weight is 266 g/mol. The van der Waals surface area contributed by atoms with E-state index in [1.807, 2.05) is 0 Å². The third-order valence-electron chi connectivity index (χ3n) is 1.61. The lowest BCUT2D eigenvalue weighted by Crippen LogP contribution is -2.06. The highest BCUT2D eigenvalue weighted by Crippen LogP contribution is 2.33. The van der Waals surface area contributed by atoms with E-state index in [1.54, 1.807) is 0 Å². The Kier molecular flexibility index (Phi) is 1.99. The van der Waals surface area contributed by atoms with Crippen LogP contribution in [-0.2, 0) is 6.18 Å². The molecule has 2 rings (SSSR count). The quantitative estimate of drug-likeness (QED) is 0.733. The van der Waals surface area contributed by atoms with Crippen molar-refractivity contribution in [1.29, 1.82) is 0 Å². The van der Waals surface area contributed by atoms with Gasteiger partial charge in [0, 0.05) is 6.20 Å². The van der Waals surface area contributed by atoms with Crippen LogP contribution in [0.4, 0.5) is 13.2 Å². The maximum absolute atomic E-state index is 12.4. The molecule has 0 saturated carbocycles. The van der Waals surface area contributed by atoms with Crippen molar-refractivity contribution in [3.8, 4) is 0 Å². The number of hydrogen-bond acceptors (Lipinski definition) is 2. The first-order valence-electron chi connectivity index (χ1n) is 3.56. The summed E-state index contributed by atoms with van der Waals surface area (Å²) in [6, 6.07) is 2.97. The summed E-state index contributed by atoms with van der Waals surface area (Å²) < 4.78 is 38.0. The van der Waals surface area contributed by atoms with E-state index >= 15 is 0 Å². The van der Waals surface area contributed by atoms with Gasteiger partial charge in [-0.2, -0.15) is 18.3 Å². The molecular weight excluding hydrogens is 263 g/mol. The normalized spacial score (nSPS) is 12.3. The number of imidazole rings is 1. The summed E-state index contributed by atoms with van der Waals surface area (Å²) in [7, 11) is 0. The van der Waals surface area contributed by atoms with Gasteiger partial charge in [-0.1, -0.05) is 0 Å². The van der Waals surface area contributed by atoms with E-state index in [0.29, 0.717) is 0 Å². The van der Waals surface area contributed by atoms with Gasteiger partial charge in [0.25, 0.3) is 0 Å². The topological polar surface area (TPSA) is 30.2 Å². The van der Waals surface area contributed by atoms with E-state index in [9.17, 15) is 13.2 Å². The minimum atomic E-state index is -4.47. The minimum absolute atomic E-state index is 0.159. The Labute approximate surface area is 84.7 Å². The molecule has 74 valence electrons. The first-order valence-corrected chi connectivity index (χ1v) is 4.36. The summed E-state index contributed by atoms with van der Waals surface area (Å²) in [4.78, 5) is 3.41. The highest BCUT2D eigenvalue weighted by molar-refractivity contribution is 9.10. The molecular formula is C7H3BrF3N3. The molecule has 0 aliphatic carbocycles. The third kappa shape index (κ3) is 1.37. The summed E-state index contributed by atoms with van der Waals surface area (Å²) in [6.07, 6.45) is -3.08. The molecule has 0 fully saturated rings. The molecule has 2 aromatic heterocycles. The van der Waals surface area contributed by atoms with Crippen LogP contribution in [0.2, 0.25) is 0 Å². The SMILES string of the molecule is FC(F)(F)c1nc2cccnn2c1Br. The summed E-state index contributed by atoms with van der Waals surface area (Å²) in [6.45, 7) is 0. The van der Waals surface area contributed by atoms with Gasteiger partial charge in [-0.3, -0.25) is 0 Å². The molecule has 0 unspecified atom stereocenters. The molecule has 7 heteroatoms. The Balaban J connectivity index is 2.75. The van der Waals surface area contributed by atoms with Gasteiger partial charge in [-0.25, -0.2) is 9.50 Å². The van der Waals surface area contributed by atoms with E-state index in [2.05, 4.69) is 26.0 Å². The number of nitrogens with zero attached hydrogens (tertiary/aromatic N) is 3. The maximum Gasteiger partial charge on any atom is 0.436 e. The molecule has 14 heavy (non-hydrogen) atoms. The average Bonchev–Trinajstić information content (AvgIpc) is 2.44. The summed E-state index contributed by atoms with van der Waals surface area (Å²) in [5.74, 6) is 0. The molecule has 0 aliphatic rings. The van der Waals surface area contributed by atoms with Gasteiger partial charge in [0.1, 0.15) is 4.60 Å². The van der Waals surface area contributed by atoms with Crippen LogP contribution in [0.5, 0.6) is 0 Å². The zero-order valence-corrected chi connectivity index (χ0v) is 8.17. The number of halogens is 4. The Morgan fingerprint density at radius 1 is 1.36 bits per heavy atom. The molecule has 0 N–H and O–H groups in total.